The van der Waals surface area contributed by atoms with Crippen LogP contribution in [-0.4, -0.2) is 9.97 Å². The van der Waals surface area contributed by atoms with Gasteiger partial charge in [0.2, 0.25) is 5.95 Å². The molecule has 1 radical (unpaired) electrons. The summed E-state index contributed by atoms with van der Waals surface area (Å²) in [4.78, 5) is 7.38. The smallest absolute Gasteiger partial charge is 0.213 e. The fourth-order valence-electron chi connectivity index (χ4n) is 1.09. The molecule has 0 bridgehead atoms. The molecular formula is C10H5ClFN2. The summed E-state index contributed by atoms with van der Waals surface area (Å²) in [5, 5.41) is 0.374. The number of hydrogen-bond donors (Lipinski definition) is 0. The van der Waals surface area contributed by atoms with E-state index in [1.165, 1.54) is 12.3 Å². The largest absolute Gasteiger partial charge is 0.246 e. The van der Waals surface area contributed by atoms with Gasteiger partial charge in [0.25, 0.3) is 0 Å². The van der Waals surface area contributed by atoms with Gasteiger partial charge in [-0.2, -0.15) is 4.39 Å². The summed E-state index contributed by atoms with van der Waals surface area (Å²) in [7, 11) is 0. The summed E-state index contributed by atoms with van der Waals surface area (Å²) >= 11 is 5.85. The van der Waals surface area contributed by atoms with E-state index in [4.69, 9.17) is 11.6 Å². The molecule has 0 amide bonds. The number of halogens is 2. The van der Waals surface area contributed by atoms with Crippen LogP contribution in [0.15, 0.2) is 30.5 Å². The average molecular weight is 208 g/mol. The summed E-state index contributed by atoms with van der Waals surface area (Å²) in [5.41, 5.74) is 1.11. The predicted octanol–water partition coefficient (Wildman–Crippen LogP) is 2.74. The SMILES string of the molecule is Fc1cc(-c2ccc[c]n2)c(Cl)cn1. The molecule has 0 N–H and O–H groups in total. The first-order chi connectivity index (χ1) is 6.77. The minimum Gasteiger partial charge on any atom is -0.246 e. The Hall–Kier alpha value is -1.48. The number of rotatable bonds is 1. The van der Waals surface area contributed by atoms with E-state index in [-0.39, 0.29) is 0 Å². The van der Waals surface area contributed by atoms with Crippen LogP contribution in [0.3, 0.4) is 0 Å². The van der Waals surface area contributed by atoms with Gasteiger partial charge in [-0.1, -0.05) is 17.7 Å². The number of hydrogen-bond acceptors (Lipinski definition) is 2. The zero-order valence-electron chi connectivity index (χ0n) is 7.04. The lowest BCUT2D eigenvalue weighted by molar-refractivity contribution is 0.584. The van der Waals surface area contributed by atoms with Crippen molar-refractivity contribution in [3.63, 3.8) is 0 Å². The van der Waals surface area contributed by atoms with Crippen LogP contribution in [0.25, 0.3) is 11.3 Å². The van der Waals surface area contributed by atoms with Gasteiger partial charge in [-0.3, -0.25) is 0 Å². The molecule has 2 heterocycles. The second kappa shape index (κ2) is 3.72. The first-order valence-corrected chi connectivity index (χ1v) is 4.29. The van der Waals surface area contributed by atoms with Gasteiger partial charge in [-0.05, 0) is 12.1 Å². The molecule has 2 nitrogen and oxygen atoms in total. The lowest BCUT2D eigenvalue weighted by atomic mass is 10.2. The number of nitrogens with zero attached hydrogens (tertiary/aromatic N) is 2. The van der Waals surface area contributed by atoms with Crippen LogP contribution in [0.1, 0.15) is 0 Å². The molecular weight excluding hydrogens is 203 g/mol. The Morgan fingerprint density at radius 2 is 2.29 bits per heavy atom. The maximum atomic E-state index is 12.8. The third kappa shape index (κ3) is 1.72. The van der Waals surface area contributed by atoms with E-state index in [0.29, 0.717) is 16.3 Å². The van der Waals surface area contributed by atoms with E-state index in [0.717, 1.165) is 0 Å². The van der Waals surface area contributed by atoms with Crippen LogP contribution in [0, 0.1) is 12.1 Å². The molecule has 2 rings (SSSR count). The van der Waals surface area contributed by atoms with Gasteiger partial charge < -0.3 is 0 Å². The number of aromatic nitrogens is 2. The van der Waals surface area contributed by atoms with Crippen molar-refractivity contribution >= 4 is 11.6 Å². The summed E-state index contributed by atoms with van der Waals surface area (Å²) in [6.45, 7) is 0. The molecule has 0 aromatic carbocycles. The van der Waals surface area contributed by atoms with Crippen molar-refractivity contribution in [2.75, 3.05) is 0 Å². The molecule has 2 aromatic rings. The summed E-state index contributed by atoms with van der Waals surface area (Å²) in [5.74, 6) is -0.574. The molecule has 4 heteroatoms. The van der Waals surface area contributed by atoms with Gasteiger partial charge in [0, 0.05) is 17.8 Å². The minimum absolute atomic E-state index is 0.374. The van der Waals surface area contributed by atoms with Crippen LogP contribution in [-0.2, 0) is 0 Å². The molecule has 0 fully saturated rings. The van der Waals surface area contributed by atoms with Crippen LogP contribution in [0.4, 0.5) is 4.39 Å². The molecule has 0 unspecified atom stereocenters. The van der Waals surface area contributed by atoms with Gasteiger partial charge in [-0.15, -0.1) is 0 Å². The van der Waals surface area contributed by atoms with Crippen molar-refractivity contribution in [2.45, 2.75) is 0 Å². The van der Waals surface area contributed by atoms with Crippen molar-refractivity contribution in [2.24, 2.45) is 0 Å². The quantitative estimate of drug-likeness (QED) is 0.672. The summed E-state index contributed by atoms with van der Waals surface area (Å²) < 4.78 is 12.8. The zero-order chi connectivity index (χ0) is 9.97. The lowest BCUT2D eigenvalue weighted by Crippen LogP contribution is -1.88. The molecule has 14 heavy (non-hydrogen) atoms. The zero-order valence-corrected chi connectivity index (χ0v) is 7.79. The standard InChI is InChI=1S/C10H5ClFN2/c11-8-6-14-10(12)5-7(8)9-3-1-2-4-13-9/h1-3,5-6H. The molecule has 0 spiro atoms. The van der Waals surface area contributed by atoms with Crippen LogP contribution in [0.2, 0.25) is 5.02 Å². The molecule has 0 aliphatic carbocycles. The van der Waals surface area contributed by atoms with Gasteiger partial charge in [0.15, 0.2) is 0 Å². The highest BCUT2D eigenvalue weighted by atomic mass is 35.5. The maximum absolute atomic E-state index is 12.8. The molecule has 69 valence electrons. The molecule has 0 saturated heterocycles. The molecule has 2 aromatic heterocycles. The molecule has 0 aliphatic rings. The predicted molar refractivity (Wildman–Crippen MR) is 51.3 cm³/mol. The average Bonchev–Trinajstić information content (AvgIpc) is 2.23. The molecule has 0 aliphatic heterocycles. The van der Waals surface area contributed by atoms with Crippen molar-refractivity contribution in [3.8, 4) is 11.3 Å². The van der Waals surface area contributed by atoms with Crippen LogP contribution >= 0.6 is 11.6 Å². The van der Waals surface area contributed by atoms with E-state index in [9.17, 15) is 4.39 Å². The fraction of sp³-hybridized carbons (Fsp3) is 0. The first-order valence-electron chi connectivity index (χ1n) is 3.92. The van der Waals surface area contributed by atoms with Crippen molar-refractivity contribution in [3.05, 3.63) is 47.6 Å². The normalized spacial score (nSPS) is 10.1. The van der Waals surface area contributed by atoms with Crippen molar-refractivity contribution in [1.82, 2.24) is 9.97 Å². The van der Waals surface area contributed by atoms with Crippen molar-refractivity contribution < 1.29 is 4.39 Å². The first kappa shape index (κ1) is 9.09. The van der Waals surface area contributed by atoms with E-state index in [1.54, 1.807) is 18.2 Å². The Kier molecular flexibility index (Phi) is 2.41. The number of pyridine rings is 2. The monoisotopic (exact) mass is 207 g/mol. The topological polar surface area (TPSA) is 25.8 Å². The highest BCUT2D eigenvalue weighted by Gasteiger charge is 2.06. The minimum atomic E-state index is -0.574. The fourth-order valence-corrected chi connectivity index (χ4v) is 1.29. The van der Waals surface area contributed by atoms with E-state index >= 15 is 0 Å². The second-order valence-electron chi connectivity index (χ2n) is 2.64. The van der Waals surface area contributed by atoms with E-state index in [1.807, 2.05) is 0 Å². The maximum Gasteiger partial charge on any atom is 0.213 e. The Morgan fingerprint density at radius 3 is 3.00 bits per heavy atom. The molecule has 0 atom stereocenters. The lowest BCUT2D eigenvalue weighted by Gasteiger charge is -2.01. The third-order valence-electron chi connectivity index (χ3n) is 1.71. The second-order valence-corrected chi connectivity index (χ2v) is 3.05. The van der Waals surface area contributed by atoms with Crippen LogP contribution < -0.4 is 0 Å². The Balaban J connectivity index is 2.57. The Bertz CT molecular complexity index is 445. The van der Waals surface area contributed by atoms with Gasteiger partial charge in [0.1, 0.15) is 0 Å². The highest BCUT2D eigenvalue weighted by Crippen LogP contribution is 2.25. The molecule has 0 saturated carbocycles. The Labute approximate surface area is 85.4 Å². The highest BCUT2D eigenvalue weighted by molar-refractivity contribution is 6.33. The van der Waals surface area contributed by atoms with Gasteiger partial charge in [-0.25, -0.2) is 9.97 Å². The van der Waals surface area contributed by atoms with E-state index in [2.05, 4.69) is 16.2 Å². The van der Waals surface area contributed by atoms with Crippen LogP contribution in [0.5, 0.6) is 0 Å². The summed E-state index contributed by atoms with van der Waals surface area (Å²) in [6.07, 6.45) is 3.92. The van der Waals surface area contributed by atoms with Gasteiger partial charge >= 0.3 is 0 Å². The Morgan fingerprint density at radius 1 is 1.43 bits per heavy atom. The third-order valence-corrected chi connectivity index (χ3v) is 2.01. The summed E-state index contributed by atoms with van der Waals surface area (Å²) in [6, 6.07) is 6.40. The van der Waals surface area contributed by atoms with E-state index < -0.39 is 5.95 Å². The van der Waals surface area contributed by atoms with Crippen molar-refractivity contribution in [1.29, 1.82) is 0 Å². The van der Waals surface area contributed by atoms with Gasteiger partial charge in [0.05, 0.1) is 16.9 Å².